The standard InChI is InChI=1S/C15H18N4O2S/c1-21-11-6-7-22-13(11)15(20)16-8-12-17-18-14(9-2-3-9)19(12)10-4-5-10/h6-7,9-10H,2-5,8H2,1H3,(H,16,20). The van der Waals surface area contributed by atoms with Crippen LogP contribution < -0.4 is 10.1 Å². The second-order valence-corrected chi connectivity index (χ2v) is 6.77. The normalized spacial score (nSPS) is 17.5. The minimum atomic E-state index is -0.120. The zero-order valence-corrected chi connectivity index (χ0v) is 13.2. The molecule has 116 valence electrons. The van der Waals surface area contributed by atoms with Gasteiger partial charge in [0.15, 0.2) is 5.82 Å². The van der Waals surface area contributed by atoms with Crippen LogP contribution in [0.3, 0.4) is 0 Å². The lowest BCUT2D eigenvalue weighted by atomic mass is 10.3. The van der Waals surface area contributed by atoms with Gasteiger partial charge in [0.1, 0.15) is 16.5 Å². The zero-order valence-electron chi connectivity index (χ0n) is 12.4. The van der Waals surface area contributed by atoms with Crippen molar-refractivity contribution in [1.29, 1.82) is 0 Å². The van der Waals surface area contributed by atoms with Crippen LogP contribution in [0.25, 0.3) is 0 Å². The van der Waals surface area contributed by atoms with Crippen molar-refractivity contribution in [2.75, 3.05) is 7.11 Å². The van der Waals surface area contributed by atoms with Crippen LogP contribution >= 0.6 is 11.3 Å². The first-order valence-corrected chi connectivity index (χ1v) is 8.49. The lowest BCUT2D eigenvalue weighted by molar-refractivity contribution is 0.0950. The van der Waals surface area contributed by atoms with E-state index in [-0.39, 0.29) is 5.91 Å². The number of nitrogens with one attached hydrogen (secondary N) is 1. The second-order valence-electron chi connectivity index (χ2n) is 5.85. The Labute approximate surface area is 132 Å². The highest BCUT2D eigenvalue weighted by atomic mass is 32.1. The summed E-state index contributed by atoms with van der Waals surface area (Å²) in [6, 6.07) is 2.34. The number of methoxy groups -OCH3 is 1. The van der Waals surface area contributed by atoms with E-state index in [2.05, 4.69) is 20.1 Å². The summed E-state index contributed by atoms with van der Waals surface area (Å²) in [4.78, 5) is 12.9. The van der Waals surface area contributed by atoms with Crippen molar-refractivity contribution in [3.63, 3.8) is 0 Å². The summed E-state index contributed by atoms with van der Waals surface area (Å²) >= 11 is 1.38. The molecule has 0 atom stereocenters. The molecule has 2 fully saturated rings. The summed E-state index contributed by atoms with van der Waals surface area (Å²) in [7, 11) is 1.57. The van der Waals surface area contributed by atoms with Crippen molar-refractivity contribution in [1.82, 2.24) is 20.1 Å². The van der Waals surface area contributed by atoms with Gasteiger partial charge >= 0.3 is 0 Å². The molecule has 1 N–H and O–H groups in total. The average molecular weight is 318 g/mol. The maximum Gasteiger partial charge on any atom is 0.265 e. The Balaban J connectivity index is 1.49. The average Bonchev–Trinajstić information content (AvgIpc) is 3.46. The van der Waals surface area contributed by atoms with E-state index < -0.39 is 0 Å². The van der Waals surface area contributed by atoms with Crippen molar-refractivity contribution in [2.24, 2.45) is 0 Å². The van der Waals surface area contributed by atoms with E-state index >= 15 is 0 Å². The minimum absolute atomic E-state index is 0.120. The van der Waals surface area contributed by atoms with E-state index in [4.69, 9.17) is 4.74 Å². The highest BCUT2D eigenvalue weighted by Gasteiger charge is 2.36. The first kappa shape index (κ1) is 13.8. The van der Waals surface area contributed by atoms with Gasteiger partial charge in [-0.05, 0) is 37.1 Å². The molecule has 4 rings (SSSR count). The van der Waals surface area contributed by atoms with E-state index in [0.717, 1.165) is 11.6 Å². The fraction of sp³-hybridized carbons (Fsp3) is 0.533. The SMILES string of the molecule is COc1ccsc1C(=O)NCc1nnc(C2CC2)n1C1CC1. The van der Waals surface area contributed by atoms with Crippen LogP contribution in [-0.2, 0) is 6.54 Å². The third-order valence-corrected chi connectivity index (χ3v) is 5.00. The van der Waals surface area contributed by atoms with Gasteiger partial charge in [0.25, 0.3) is 5.91 Å². The van der Waals surface area contributed by atoms with E-state index in [1.165, 1.54) is 37.0 Å². The third kappa shape index (κ3) is 2.49. The predicted molar refractivity (Wildman–Crippen MR) is 82.3 cm³/mol. The predicted octanol–water partition coefficient (Wildman–Crippen LogP) is 2.49. The molecule has 2 aromatic heterocycles. The monoisotopic (exact) mass is 318 g/mol. The van der Waals surface area contributed by atoms with Crippen LogP contribution in [-0.4, -0.2) is 27.8 Å². The van der Waals surface area contributed by atoms with E-state index in [9.17, 15) is 4.79 Å². The minimum Gasteiger partial charge on any atom is -0.495 e. The zero-order chi connectivity index (χ0) is 15.1. The van der Waals surface area contributed by atoms with Crippen LogP contribution in [0.4, 0.5) is 0 Å². The molecule has 2 aliphatic rings. The Morgan fingerprint density at radius 1 is 1.41 bits per heavy atom. The molecule has 0 radical (unpaired) electrons. The van der Waals surface area contributed by atoms with Gasteiger partial charge in [0.2, 0.25) is 0 Å². The van der Waals surface area contributed by atoms with Crippen LogP contribution in [0.5, 0.6) is 5.75 Å². The quantitative estimate of drug-likeness (QED) is 0.888. The number of thiophene rings is 1. The summed E-state index contributed by atoms with van der Waals surface area (Å²) < 4.78 is 7.44. The summed E-state index contributed by atoms with van der Waals surface area (Å²) in [6.45, 7) is 0.413. The Morgan fingerprint density at radius 3 is 2.91 bits per heavy atom. The Bertz CT molecular complexity index is 700. The van der Waals surface area contributed by atoms with Crippen LogP contribution in [0, 0.1) is 0 Å². The highest BCUT2D eigenvalue weighted by Crippen LogP contribution is 2.44. The van der Waals surface area contributed by atoms with Gasteiger partial charge in [0.05, 0.1) is 13.7 Å². The number of carbonyl (C=O) groups is 1. The van der Waals surface area contributed by atoms with Gasteiger partial charge in [-0.1, -0.05) is 0 Å². The number of aromatic nitrogens is 3. The molecule has 2 aromatic rings. The lowest BCUT2D eigenvalue weighted by Crippen LogP contribution is -2.24. The molecular formula is C15H18N4O2S. The third-order valence-electron chi connectivity index (χ3n) is 4.11. The van der Waals surface area contributed by atoms with Crippen molar-refractivity contribution >= 4 is 17.2 Å². The molecule has 0 aliphatic heterocycles. The largest absolute Gasteiger partial charge is 0.495 e. The highest BCUT2D eigenvalue weighted by molar-refractivity contribution is 7.12. The number of hydrogen-bond donors (Lipinski definition) is 1. The van der Waals surface area contributed by atoms with E-state index in [0.29, 0.717) is 29.1 Å². The second kappa shape index (κ2) is 5.39. The van der Waals surface area contributed by atoms with Gasteiger partial charge in [-0.2, -0.15) is 0 Å². The van der Waals surface area contributed by atoms with Crippen molar-refractivity contribution in [3.8, 4) is 5.75 Å². The molecule has 7 heteroatoms. The molecule has 22 heavy (non-hydrogen) atoms. The smallest absolute Gasteiger partial charge is 0.265 e. The topological polar surface area (TPSA) is 69.0 Å². The number of ether oxygens (including phenoxy) is 1. The number of hydrogen-bond acceptors (Lipinski definition) is 5. The van der Waals surface area contributed by atoms with E-state index in [1.807, 2.05) is 5.38 Å². The van der Waals surface area contributed by atoms with E-state index in [1.54, 1.807) is 13.2 Å². The first-order valence-electron chi connectivity index (χ1n) is 7.61. The van der Waals surface area contributed by atoms with Gasteiger partial charge < -0.3 is 14.6 Å². The van der Waals surface area contributed by atoms with Crippen LogP contribution in [0.1, 0.15) is 59.0 Å². The fourth-order valence-corrected chi connectivity index (χ4v) is 3.45. The molecule has 6 nitrogen and oxygen atoms in total. The summed E-state index contributed by atoms with van der Waals surface area (Å²) in [6.07, 6.45) is 4.81. The van der Waals surface area contributed by atoms with Crippen LogP contribution in [0.2, 0.25) is 0 Å². The first-order chi connectivity index (χ1) is 10.8. The van der Waals surface area contributed by atoms with Crippen molar-refractivity contribution < 1.29 is 9.53 Å². The summed E-state index contributed by atoms with van der Waals surface area (Å²) in [5.41, 5.74) is 0. The number of rotatable bonds is 6. The Kier molecular flexibility index (Phi) is 3.37. The molecule has 0 spiro atoms. The molecule has 1 amide bonds. The fourth-order valence-electron chi connectivity index (χ4n) is 2.67. The molecule has 0 unspecified atom stereocenters. The maximum atomic E-state index is 12.3. The van der Waals surface area contributed by atoms with Gasteiger partial charge in [-0.25, -0.2) is 0 Å². The Hall–Kier alpha value is -1.89. The molecular weight excluding hydrogens is 300 g/mol. The van der Waals surface area contributed by atoms with Gasteiger partial charge in [0, 0.05) is 12.0 Å². The summed E-state index contributed by atoms with van der Waals surface area (Å²) in [5.74, 6) is 3.05. The summed E-state index contributed by atoms with van der Waals surface area (Å²) in [5, 5.41) is 13.5. The molecule has 2 aliphatic carbocycles. The molecule has 2 heterocycles. The molecule has 0 saturated heterocycles. The van der Waals surface area contributed by atoms with Gasteiger partial charge in [-0.15, -0.1) is 21.5 Å². The van der Waals surface area contributed by atoms with Crippen LogP contribution in [0.15, 0.2) is 11.4 Å². The molecule has 2 saturated carbocycles. The van der Waals surface area contributed by atoms with Crippen molar-refractivity contribution in [2.45, 2.75) is 44.2 Å². The maximum absolute atomic E-state index is 12.3. The number of nitrogens with zero attached hydrogens (tertiary/aromatic N) is 3. The van der Waals surface area contributed by atoms with Gasteiger partial charge in [-0.3, -0.25) is 4.79 Å². The molecule has 0 aromatic carbocycles. The number of amides is 1. The number of carbonyl (C=O) groups excluding carboxylic acids is 1. The molecule has 0 bridgehead atoms. The van der Waals surface area contributed by atoms with Crippen molar-refractivity contribution in [3.05, 3.63) is 28.0 Å². The lowest BCUT2D eigenvalue weighted by Gasteiger charge is -2.09. The Morgan fingerprint density at radius 2 is 2.23 bits per heavy atom.